The van der Waals surface area contributed by atoms with Crippen LogP contribution in [0.3, 0.4) is 0 Å². The van der Waals surface area contributed by atoms with Crippen molar-refractivity contribution in [3.05, 3.63) is 48.2 Å². The fourth-order valence-electron chi connectivity index (χ4n) is 1.64. The number of primary sulfonamides is 1. The van der Waals surface area contributed by atoms with E-state index in [2.05, 4.69) is 4.98 Å². The van der Waals surface area contributed by atoms with Crippen molar-refractivity contribution < 1.29 is 18.3 Å². The molecular weight excluding hydrogens is 280 g/mol. The summed E-state index contributed by atoms with van der Waals surface area (Å²) in [5.74, 6) is 0.820. The molecule has 2 rings (SSSR count). The monoisotopic (exact) mass is 294 g/mol. The number of rotatable bonds is 5. The Kier molecular flexibility index (Phi) is 4.33. The topological polar surface area (TPSA) is 103 Å². The highest BCUT2D eigenvalue weighted by Crippen LogP contribution is 2.24. The largest absolute Gasteiger partial charge is 0.439 e. The van der Waals surface area contributed by atoms with E-state index in [0.29, 0.717) is 12.2 Å². The predicted octanol–water partition coefficient (Wildman–Crippen LogP) is 1.06. The maximum Gasteiger partial charge on any atom is 0.239 e. The number of nitrogens with zero attached hydrogens (tertiary/aromatic N) is 1. The maximum atomic E-state index is 11.1. The summed E-state index contributed by atoms with van der Waals surface area (Å²) in [4.78, 5) is 3.82. The normalized spacial score (nSPS) is 11.3. The van der Waals surface area contributed by atoms with Crippen molar-refractivity contribution >= 4 is 10.0 Å². The van der Waals surface area contributed by atoms with Gasteiger partial charge in [-0.1, -0.05) is 18.2 Å². The van der Waals surface area contributed by atoms with Gasteiger partial charge < -0.3 is 9.84 Å². The third-order valence-corrected chi connectivity index (χ3v) is 3.50. The molecule has 7 heteroatoms. The van der Waals surface area contributed by atoms with Gasteiger partial charge in [0, 0.05) is 12.7 Å². The van der Waals surface area contributed by atoms with Crippen molar-refractivity contribution in [2.45, 2.75) is 11.3 Å². The van der Waals surface area contributed by atoms with Crippen LogP contribution in [0.15, 0.2) is 47.5 Å². The average molecular weight is 294 g/mol. The summed E-state index contributed by atoms with van der Waals surface area (Å²) in [6.45, 7) is 0.0121. The van der Waals surface area contributed by atoms with Gasteiger partial charge in [0.25, 0.3) is 0 Å². The second kappa shape index (κ2) is 6.00. The molecule has 0 radical (unpaired) electrons. The zero-order chi connectivity index (χ0) is 14.6. The van der Waals surface area contributed by atoms with E-state index in [0.717, 1.165) is 11.8 Å². The highest BCUT2D eigenvalue weighted by Gasteiger charge is 2.09. The van der Waals surface area contributed by atoms with Gasteiger partial charge in [0.2, 0.25) is 15.9 Å². The number of nitrogens with two attached hydrogens (primary N) is 1. The van der Waals surface area contributed by atoms with Crippen LogP contribution in [0, 0.1) is 0 Å². The summed E-state index contributed by atoms with van der Waals surface area (Å²) in [6, 6.07) is 9.98. The minimum absolute atomic E-state index is 0.0121. The Bertz CT molecular complexity index is 684. The number of aliphatic hydroxyl groups excluding tert-OH is 1. The lowest BCUT2D eigenvalue weighted by molar-refractivity contribution is 0.297. The Morgan fingerprint density at radius 2 is 1.95 bits per heavy atom. The van der Waals surface area contributed by atoms with Gasteiger partial charge >= 0.3 is 0 Å². The third-order valence-electron chi connectivity index (χ3n) is 2.61. The van der Waals surface area contributed by atoms with Gasteiger partial charge in [-0.2, -0.15) is 0 Å². The molecule has 20 heavy (non-hydrogen) atoms. The summed E-state index contributed by atoms with van der Waals surface area (Å²) in [5, 5.41) is 14.0. The fraction of sp³-hybridized carbons (Fsp3) is 0.154. The summed E-state index contributed by atoms with van der Waals surface area (Å²) in [6.07, 6.45) is 1.60. The minimum Gasteiger partial charge on any atom is -0.439 e. The first-order valence-electron chi connectivity index (χ1n) is 5.86. The maximum absolute atomic E-state index is 11.1. The first-order chi connectivity index (χ1) is 9.50. The van der Waals surface area contributed by atoms with Crippen LogP contribution < -0.4 is 9.88 Å². The predicted molar refractivity (Wildman–Crippen MR) is 72.9 cm³/mol. The van der Waals surface area contributed by atoms with E-state index in [9.17, 15) is 8.42 Å². The quantitative estimate of drug-likeness (QED) is 0.858. The summed E-state index contributed by atoms with van der Waals surface area (Å²) in [7, 11) is -3.76. The summed E-state index contributed by atoms with van der Waals surface area (Å²) >= 11 is 0. The lowest BCUT2D eigenvalue weighted by atomic mass is 10.1. The van der Waals surface area contributed by atoms with E-state index >= 15 is 0 Å². The summed E-state index contributed by atoms with van der Waals surface area (Å²) in [5.41, 5.74) is 0.840. The molecule has 1 aromatic carbocycles. The van der Waals surface area contributed by atoms with Crippen LogP contribution in [0.5, 0.6) is 11.6 Å². The molecule has 106 valence electrons. The molecule has 0 atom stereocenters. The van der Waals surface area contributed by atoms with Gasteiger partial charge in [0.05, 0.1) is 6.20 Å². The highest BCUT2D eigenvalue weighted by atomic mass is 32.2. The SMILES string of the molecule is NS(=O)(=O)c1ccc(Oc2ccccc2CCO)nc1. The molecule has 0 aliphatic carbocycles. The number of sulfonamides is 1. The van der Waals surface area contributed by atoms with Crippen molar-refractivity contribution in [3.8, 4) is 11.6 Å². The Hall–Kier alpha value is -1.96. The van der Waals surface area contributed by atoms with Crippen molar-refractivity contribution in [2.24, 2.45) is 5.14 Å². The molecule has 0 fully saturated rings. The van der Waals surface area contributed by atoms with Crippen LogP contribution in [0.4, 0.5) is 0 Å². The molecule has 1 aromatic heterocycles. The van der Waals surface area contributed by atoms with Crippen LogP contribution >= 0.6 is 0 Å². The van der Waals surface area contributed by atoms with Gasteiger partial charge in [0.1, 0.15) is 10.6 Å². The van der Waals surface area contributed by atoms with Crippen molar-refractivity contribution in [1.82, 2.24) is 4.98 Å². The van der Waals surface area contributed by atoms with Crippen molar-refractivity contribution in [3.63, 3.8) is 0 Å². The summed E-state index contributed by atoms with van der Waals surface area (Å²) < 4.78 is 27.8. The second-order valence-electron chi connectivity index (χ2n) is 4.06. The molecule has 0 aliphatic heterocycles. The van der Waals surface area contributed by atoms with Crippen LogP contribution in [0.25, 0.3) is 0 Å². The molecule has 0 saturated heterocycles. The number of hydrogen-bond donors (Lipinski definition) is 2. The number of hydrogen-bond acceptors (Lipinski definition) is 5. The Balaban J connectivity index is 2.22. The Labute approximate surface area is 116 Å². The van der Waals surface area contributed by atoms with E-state index < -0.39 is 10.0 Å². The molecule has 0 amide bonds. The van der Waals surface area contributed by atoms with Gasteiger partial charge in [0.15, 0.2) is 0 Å². The van der Waals surface area contributed by atoms with Gasteiger partial charge in [-0.05, 0) is 24.1 Å². The number of ether oxygens (including phenoxy) is 1. The zero-order valence-corrected chi connectivity index (χ0v) is 11.4. The molecule has 0 unspecified atom stereocenters. The van der Waals surface area contributed by atoms with Gasteiger partial charge in [-0.15, -0.1) is 0 Å². The highest BCUT2D eigenvalue weighted by molar-refractivity contribution is 7.89. The van der Waals surface area contributed by atoms with E-state index in [4.69, 9.17) is 15.0 Å². The molecule has 3 N–H and O–H groups in total. The third kappa shape index (κ3) is 3.53. The smallest absolute Gasteiger partial charge is 0.239 e. The standard InChI is InChI=1S/C13H14N2O4S/c14-20(17,18)11-5-6-13(15-9-11)19-12-4-2-1-3-10(12)7-8-16/h1-6,9,16H,7-8H2,(H2,14,17,18). The van der Waals surface area contributed by atoms with Crippen LogP contribution in [-0.2, 0) is 16.4 Å². The first kappa shape index (κ1) is 14.4. The number of pyridine rings is 1. The minimum atomic E-state index is -3.76. The molecule has 2 aromatic rings. The average Bonchev–Trinajstić information content (AvgIpc) is 2.41. The van der Waals surface area contributed by atoms with E-state index in [1.165, 1.54) is 12.1 Å². The lowest BCUT2D eigenvalue weighted by Gasteiger charge is -2.09. The Morgan fingerprint density at radius 1 is 1.20 bits per heavy atom. The van der Waals surface area contributed by atoms with Crippen molar-refractivity contribution in [1.29, 1.82) is 0 Å². The van der Waals surface area contributed by atoms with Crippen LogP contribution in [0.2, 0.25) is 0 Å². The molecule has 0 bridgehead atoms. The Morgan fingerprint density at radius 3 is 2.55 bits per heavy atom. The number of aliphatic hydroxyl groups is 1. The van der Waals surface area contributed by atoms with E-state index in [-0.39, 0.29) is 17.4 Å². The molecule has 0 aliphatic rings. The number of para-hydroxylation sites is 1. The fourth-order valence-corrected chi connectivity index (χ4v) is 2.10. The zero-order valence-electron chi connectivity index (χ0n) is 10.6. The number of aromatic nitrogens is 1. The molecule has 6 nitrogen and oxygen atoms in total. The molecular formula is C13H14N2O4S. The molecule has 1 heterocycles. The lowest BCUT2D eigenvalue weighted by Crippen LogP contribution is -2.12. The van der Waals surface area contributed by atoms with Gasteiger partial charge in [-0.25, -0.2) is 18.5 Å². The van der Waals surface area contributed by atoms with Gasteiger partial charge in [-0.3, -0.25) is 0 Å². The first-order valence-corrected chi connectivity index (χ1v) is 7.41. The van der Waals surface area contributed by atoms with E-state index in [1.807, 2.05) is 12.1 Å². The molecule has 0 spiro atoms. The van der Waals surface area contributed by atoms with Crippen LogP contribution in [0.1, 0.15) is 5.56 Å². The van der Waals surface area contributed by atoms with Crippen LogP contribution in [-0.4, -0.2) is 25.1 Å². The van der Waals surface area contributed by atoms with Crippen molar-refractivity contribution in [2.75, 3.05) is 6.61 Å². The molecule has 0 saturated carbocycles. The number of benzene rings is 1. The second-order valence-corrected chi connectivity index (χ2v) is 5.62. The van der Waals surface area contributed by atoms with E-state index in [1.54, 1.807) is 12.1 Å².